The number of nitrogens with one attached hydrogen (secondary N) is 1. The molecule has 0 saturated heterocycles. The van der Waals surface area contributed by atoms with E-state index in [1.54, 1.807) is 27.3 Å². The van der Waals surface area contributed by atoms with Gasteiger partial charge in [0.2, 0.25) is 15.9 Å². The van der Waals surface area contributed by atoms with Gasteiger partial charge in [-0.15, -0.1) is 11.6 Å². The van der Waals surface area contributed by atoms with E-state index >= 15 is 0 Å². The Hall–Kier alpha value is -1.83. The van der Waals surface area contributed by atoms with Gasteiger partial charge < -0.3 is 9.47 Å². The quantitative estimate of drug-likeness (QED) is 0.613. The Bertz CT molecular complexity index is 956. The summed E-state index contributed by atoms with van der Waals surface area (Å²) in [5, 5.41) is 0. The number of hydrogen-bond acceptors (Lipinski definition) is 5. The van der Waals surface area contributed by atoms with E-state index < -0.39 is 14.7 Å². The molecule has 160 valence electrons. The maximum absolute atomic E-state index is 12.4. The molecule has 8 heteroatoms. The summed E-state index contributed by atoms with van der Waals surface area (Å²) in [5.41, 5.74) is 3.15. The molecule has 0 bridgehead atoms. The Morgan fingerprint density at radius 1 is 1.17 bits per heavy atom. The number of hydrogen-bond donors (Lipinski definition) is 1. The average Bonchev–Trinajstić information content (AvgIpc) is 2.70. The summed E-state index contributed by atoms with van der Waals surface area (Å²) in [6.07, 6.45) is 1.96. The van der Waals surface area contributed by atoms with Crippen LogP contribution in [0, 0.1) is 0 Å². The Morgan fingerprint density at radius 2 is 1.86 bits per heavy atom. The van der Waals surface area contributed by atoms with Gasteiger partial charge in [-0.3, -0.25) is 0 Å². The number of ether oxygens (including phenoxy) is 2. The van der Waals surface area contributed by atoms with E-state index in [-0.39, 0.29) is 12.0 Å². The third kappa shape index (κ3) is 5.41. The molecule has 29 heavy (non-hydrogen) atoms. The zero-order chi connectivity index (χ0) is 21.8. The van der Waals surface area contributed by atoms with Crippen LogP contribution in [0.3, 0.4) is 0 Å². The number of halogens is 1. The molecule has 0 saturated carbocycles. The Kier molecular flexibility index (Phi) is 7.54. The third-order valence-electron chi connectivity index (χ3n) is 4.61. The smallest absolute Gasteiger partial charge is 0.228 e. The summed E-state index contributed by atoms with van der Waals surface area (Å²) >= 11 is 5.97. The molecule has 1 aromatic carbocycles. The lowest BCUT2D eigenvalue weighted by atomic mass is 9.83. The van der Waals surface area contributed by atoms with Gasteiger partial charge in [0.05, 0.1) is 14.2 Å². The summed E-state index contributed by atoms with van der Waals surface area (Å²) < 4.78 is 37.4. The van der Waals surface area contributed by atoms with E-state index in [0.717, 1.165) is 22.3 Å². The fourth-order valence-corrected chi connectivity index (χ4v) is 4.19. The molecule has 2 aromatic rings. The van der Waals surface area contributed by atoms with E-state index in [9.17, 15) is 8.42 Å². The van der Waals surface area contributed by atoms with E-state index in [1.165, 1.54) is 0 Å². The van der Waals surface area contributed by atoms with Crippen molar-refractivity contribution in [2.75, 3.05) is 14.2 Å². The highest BCUT2D eigenvalue weighted by atomic mass is 35.5. The van der Waals surface area contributed by atoms with Crippen molar-refractivity contribution in [3.8, 4) is 22.8 Å². The minimum absolute atomic E-state index is 0.0692. The summed E-state index contributed by atoms with van der Waals surface area (Å²) in [4.78, 5) is 4.29. The van der Waals surface area contributed by atoms with Crippen molar-refractivity contribution in [1.29, 1.82) is 0 Å². The fourth-order valence-electron chi connectivity index (χ4n) is 3.02. The lowest BCUT2D eigenvalue weighted by Crippen LogP contribution is -2.30. The molecular formula is C21H29ClN2O4S. The molecule has 1 N–H and O–H groups in total. The van der Waals surface area contributed by atoms with Crippen molar-refractivity contribution in [3.63, 3.8) is 0 Å². The van der Waals surface area contributed by atoms with Crippen molar-refractivity contribution in [2.24, 2.45) is 0 Å². The number of aromatic nitrogens is 1. The lowest BCUT2D eigenvalue weighted by molar-refractivity contribution is 0.396. The molecule has 6 nitrogen and oxygen atoms in total. The maximum Gasteiger partial charge on any atom is 0.228 e. The minimum atomic E-state index is -3.65. The van der Waals surface area contributed by atoms with Gasteiger partial charge in [-0.25, -0.2) is 18.1 Å². The predicted octanol–water partition coefficient (Wildman–Crippen LogP) is 4.46. The molecule has 0 radical (unpaired) electrons. The Morgan fingerprint density at radius 3 is 2.41 bits per heavy atom. The van der Waals surface area contributed by atoms with Crippen LogP contribution in [0.5, 0.6) is 11.6 Å². The molecule has 0 spiro atoms. The zero-order valence-electron chi connectivity index (χ0n) is 17.7. The molecule has 0 amide bonds. The van der Waals surface area contributed by atoms with Crippen LogP contribution in [0.4, 0.5) is 0 Å². The fraction of sp³-hybridized carbons (Fsp3) is 0.476. The largest absolute Gasteiger partial charge is 0.496 e. The van der Waals surface area contributed by atoms with Gasteiger partial charge in [-0.2, -0.15) is 0 Å². The van der Waals surface area contributed by atoms with Crippen molar-refractivity contribution >= 4 is 21.6 Å². The van der Waals surface area contributed by atoms with Crippen LogP contribution in [0.2, 0.25) is 0 Å². The third-order valence-corrected chi connectivity index (χ3v) is 7.18. The molecule has 0 aliphatic carbocycles. The number of nitrogens with zero attached hydrogens (tertiary/aromatic N) is 1. The zero-order valence-corrected chi connectivity index (χ0v) is 19.3. The highest BCUT2D eigenvalue weighted by Gasteiger charge is 2.25. The van der Waals surface area contributed by atoms with Gasteiger partial charge in [-0.05, 0) is 47.2 Å². The van der Waals surface area contributed by atoms with Crippen LogP contribution in [-0.4, -0.2) is 32.3 Å². The first-order valence-electron chi connectivity index (χ1n) is 9.38. The van der Waals surface area contributed by atoms with Gasteiger partial charge in [0, 0.05) is 23.9 Å². The van der Waals surface area contributed by atoms with Crippen LogP contribution in [0.25, 0.3) is 11.1 Å². The number of benzene rings is 1. The molecule has 2 rings (SSSR count). The average molecular weight is 441 g/mol. The highest BCUT2D eigenvalue weighted by molar-refractivity contribution is 7.91. The molecule has 0 aliphatic heterocycles. The number of rotatable bonds is 8. The van der Waals surface area contributed by atoms with Crippen LogP contribution in [0.15, 0.2) is 30.5 Å². The molecule has 1 heterocycles. The topological polar surface area (TPSA) is 77.5 Å². The molecular weight excluding hydrogens is 412 g/mol. The molecule has 0 aliphatic rings. The van der Waals surface area contributed by atoms with Crippen LogP contribution >= 0.6 is 11.6 Å². The summed E-state index contributed by atoms with van der Waals surface area (Å²) in [6, 6.07) is 7.59. The van der Waals surface area contributed by atoms with Gasteiger partial charge in [0.25, 0.3) is 0 Å². The molecule has 1 aromatic heterocycles. The second-order valence-corrected chi connectivity index (χ2v) is 10.4. The predicted molar refractivity (Wildman–Crippen MR) is 117 cm³/mol. The van der Waals surface area contributed by atoms with Crippen LogP contribution in [-0.2, 0) is 22.0 Å². The monoisotopic (exact) mass is 440 g/mol. The first-order chi connectivity index (χ1) is 13.5. The standard InChI is InChI=1S/C21H29ClN2O4S/c1-7-19(22)29(25,26)24-13-14-11-18(27-5)17(21(2,3)4)12-16(14)15-9-8-10-23-20(15)28-6/h8-12,19,24H,7,13H2,1-6H3. The summed E-state index contributed by atoms with van der Waals surface area (Å²) in [5.74, 6) is 1.15. The highest BCUT2D eigenvalue weighted by Crippen LogP contribution is 2.39. The first kappa shape index (κ1) is 23.4. The minimum Gasteiger partial charge on any atom is -0.496 e. The van der Waals surface area contributed by atoms with E-state index in [1.807, 2.05) is 24.3 Å². The number of methoxy groups -OCH3 is 2. The van der Waals surface area contributed by atoms with Crippen molar-refractivity contribution in [3.05, 3.63) is 41.6 Å². The Labute approximate surface area is 178 Å². The van der Waals surface area contributed by atoms with Crippen molar-refractivity contribution in [1.82, 2.24) is 9.71 Å². The van der Waals surface area contributed by atoms with Gasteiger partial charge in [0.15, 0.2) is 0 Å². The van der Waals surface area contributed by atoms with Crippen molar-refractivity contribution in [2.45, 2.75) is 50.8 Å². The second-order valence-electron chi connectivity index (χ2n) is 7.70. The van der Waals surface area contributed by atoms with E-state index in [4.69, 9.17) is 21.1 Å². The summed E-state index contributed by atoms with van der Waals surface area (Å²) in [6.45, 7) is 8.08. The number of pyridine rings is 1. The SMILES string of the molecule is CCC(Cl)S(=O)(=O)NCc1cc(OC)c(C(C)(C)C)cc1-c1cccnc1OC. The van der Waals surface area contributed by atoms with Crippen LogP contribution in [0.1, 0.15) is 45.2 Å². The Balaban J connectivity index is 2.65. The maximum atomic E-state index is 12.4. The van der Waals surface area contributed by atoms with Crippen LogP contribution < -0.4 is 14.2 Å². The van der Waals surface area contributed by atoms with E-state index in [2.05, 4.69) is 30.5 Å². The van der Waals surface area contributed by atoms with E-state index in [0.29, 0.717) is 18.1 Å². The molecule has 1 unspecified atom stereocenters. The number of alkyl halides is 1. The van der Waals surface area contributed by atoms with Gasteiger partial charge in [-0.1, -0.05) is 27.7 Å². The molecule has 0 fully saturated rings. The molecule has 1 atom stereocenters. The normalized spacial score (nSPS) is 13.2. The van der Waals surface area contributed by atoms with Crippen molar-refractivity contribution < 1.29 is 17.9 Å². The second kappa shape index (κ2) is 9.32. The lowest BCUT2D eigenvalue weighted by Gasteiger charge is -2.25. The van der Waals surface area contributed by atoms with Gasteiger partial charge >= 0.3 is 0 Å². The first-order valence-corrected chi connectivity index (χ1v) is 11.4. The number of sulfonamides is 1. The summed E-state index contributed by atoms with van der Waals surface area (Å²) in [7, 11) is -0.490. The van der Waals surface area contributed by atoms with Gasteiger partial charge in [0.1, 0.15) is 10.5 Å².